The smallest absolute Gasteiger partial charge is 0.231 e. The maximum absolute atomic E-state index is 5.75. The second kappa shape index (κ2) is 5.13. The van der Waals surface area contributed by atoms with Gasteiger partial charge in [-0.3, -0.25) is 4.98 Å². The van der Waals surface area contributed by atoms with Crippen LogP contribution in [0.3, 0.4) is 0 Å². The zero-order chi connectivity index (χ0) is 13.9. The highest BCUT2D eigenvalue weighted by Gasteiger charge is 2.11. The molecule has 0 unspecified atom stereocenters. The number of aryl methyl sites for hydroxylation is 1. The molecule has 0 saturated carbocycles. The summed E-state index contributed by atoms with van der Waals surface area (Å²) in [4.78, 5) is 8.50. The lowest BCUT2D eigenvalue weighted by atomic mass is 10.1. The fourth-order valence-corrected chi connectivity index (χ4v) is 2.01. The first-order valence-electron chi connectivity index (χ1n) is 6.30. The Morgan fingerprint density at radius 1 is 1.25 bits per heavy atom. The Kier molecular flexibility index (Phi) is 3.16. The summed E-state index contributed by atoms with van der Waals surface area (Å²) >= 11 is 0. The minimum atomic E-state index is 0.564. The van der Waals surface area contributed by atoms with Gasteiger partial charge < -0.3 is 10.3 Å². The zero-order valence-corrected chi connectivity index (χ0v) is 11.1. The van der Waals surface area contributed by atoms with Crippen molar-refractivity contribution in [2.45, 2.75) is 13.3 Å². The van der Waals surface area contributed by atoms with E-state index in [4.69, 9.17) is 10.3 Å². The Balaban J connectivity index is 1.86. The van der Waals surface area contributed by atoms with Crippen LogP contribution in [-0.2, 0) is 6.42 Å². The van der Waals surface area contributed by atoms with Crippen molar-refractivity contribution in [2.75, 3.05) is 5.73 Å². The topological polar surface area (TPSA) is 77.8 Å². The van der Waals surface area contributed by atoms with Gasteiger partial charge in [0.1, 0.15) is 0 Å². The number of hydrogen-bond donors (Lipinski definition) is 1. The molecule has 5 heteroatoms. The number of pyridine rings is 1. The fraction of sp³-hybridized carbons (Fsp3) is 0.133. The van der Waals surface area contributed by atoms with Crippen molar-refractivity contribution in [1.82, 2.24) is 15.1 Å². The van der Waals surface area contributed by atoms with E-state index in [1.54, 1.807) is 12.4 Å². The van der Waals surface area contributed by atoms with Crippen molar-refractivity contribution in [3.8, 4) is 11.4 Å². The molecule has 0 aliphatic rings. The molecule has 0 radical (unpaired) electrons. The number of benzene rings is 1. The van der Waals surface area contributed by atoms with E-state index < -0.39 is 0 Å². The standard InChI is InChI=1S/C15H14N4O/c1-10-5-6-17-9-13(10)15-18-14(20-19-15)8-11-3-2-4-12(16)7-11/h2-7,9H,8,16H2,1H3. The molecule has 20 heavy (non-hydrogen) atoms. The number of nitrogens with zero attached hydrogens (tertiary/aromatic N) is 3. The van der Waals surface area contributed by atoms with Gasteiger partial charge in [-0.1, -0.05) is 17.3 Å². The van der Waals surface area contributed by atoms with Gasteiger partial charge in [0.15, 0.2) is 0 Å². The highest BCUT2D eigenvalue weighted by molar-refractivity contribution is 5.57. The van der Waals surface area contributed by atoms with Crippen LogP contribution in [0.15, 0.2) is 47.2 Å². The molecule has 0 atom stereocenters. The van der Waals surface area contributed by atoms with E-state index in [0.29, 0.717) is 18.1 Å². The van der Waals surface area contributed by atoms with Gasteiger partial charge in [-0.15, -0.1) is 0 Å². The number of hydrogen-bond acceptors (Lipinski definition) is 5. The number of nitrogens with two attached hydrogens (primary N) is 1. The lowest BCUT2D eigenvalue weighted by Crippen LogP contribution is -1.92. The van der Waals surface area contributed by atoms with E-state index in [1.165, 1.54) is 0 Å². The molecule has 0 spiro atoms. The Bertz CT molecular complexity index is 736. The lowest BCUT2D eigenvalue weighted by Gasteiger charge is -1.98. The van der Waals surface area contributed by atoms with Gasteiger partial charge in [0.25, 0.3) is 0 Å². The van der Waals surface area contributed by atoms with Crippen LogP contribution in [0.1, 0.15) is 17.0 Å². The maximum atomic E-state index is 5.75. The molecule has 2 N–H and O–H groups in total. The molecule has 2 aromatic heterocycles. The van der Waals surface area contributed by atoms with E-state index in [0.717, 1.165) is 22.4 Å². The summed E-state index contributed by atoms with van der Waals surface area (Å²) in [6.45, 7) is 1.99. The molecule has 2 heterocycles. The Hall–Kier alpha value is -2.69. The summed E-state index contributed by atoms with van der Waals surface area (Å²) < 4.78 is 5.29. The van der Waals surface area contributed by atoms with E-state index >= 15 is 0 Å². The first-order valence-corrected chi connectivity index (χ1v) is 6.30. The quantitative estimate of drug-likeness (QED) is 0.737. The first kappa shape index (κ1) is 12.3. The third-order valence-electron chi connectivity index (χ3n) is 3.05. The largest absolute Gasteiger partial charge is 0.399 e. The molecular formula is C15H14N4O. The van der Waals surface area contributed by atoms with Crippen LogP contribution >= 0.6 is 0 Å². The molecule has 0 bridgehead atoms. The normalized spacial score (nSPS) is 10.7. The predicted molar refractivity (Wildman–Crippen MR) is 75.9 cm³/mol. The van der Waals surface area contributed by atoms with Crippen molar-refractivity contribution < 1.29 is 4.52 Å². The highest BCUT2D eigenvalue weighted by Crippen LogP contribution is 2.20. The molecule has 100 valence electrons. The van der Waals surface area contributed by atoms with Crippen molar-refractivity contribution in [3.63, 3.8) is 0 Å². The minimum Gasteiger partial charge on any atom is -0.399 e. The van der Waals surface area contributed by atoms with Crippen molar-refractivity contribution in [3.05, 3.63) is 59.7 Å². The molecule has 3 rings (SSSR count). The van der Waals surface area contributed by atoms with Gasteiger partial charge >= 0.3 is 0 Å². The van der Waals surface area contributed by atoms with E-state index in [2.05, 4.69) is 15.1 Å². The van der Waals surface area contributed by atoms with E-state index in [1.807, 2.05) is 37.3 Å². The Labute approximate surface area is 116 Å². The summed E-state index contributed by atoms with van der Waals surface area (Å²) in [6.07, 6.45) is 4.05. The summed E-state index contributed by atoms with van der Waals surface area (Å²) in [5, 5.41) is 4.01. The van der Waals surface area contributed by atoms with E-state index in [9.17, 15) is 0 Å². The van der Waals surface area contributed by atoms with E-state index in [-0.39, 0.29) is 0 Å². The van der Waals surface area contributed by atoms with Gasteiger partial charge in [-0.25, -0.2) is 0 Å². The third kappa shape index (κ3) is 2.51. The van der Waals surface area contributed by atoms with Crippen LogP contribution in [0.4, 0.5) is 5.69 Å². The summed E-state index contributed by atoms with van der Waals surface area (Å²) in [6, 6.07) is 9.56. The molecule has 5 nitrogen and oxygen atoms in total. The summed E-state index contributed by atoms with van der Waals surface area (Å²) in [5.74, 6) is 1.13. The Morgan fingerprint density at radius 2 is 2.15 bits per heavy atom. The molecular weight excluding hydrogens is 252 g/mol. The van der Waals surface area contributed by atoms with Crippen LogP contribution < -0.4 is 5.73 Å². The second-order valence-electron chi connectivity index (χ2n) is 4.62. The van der Waals surface area contributed by atoms with Crippen molar-refractivity contribution in [2.24, 2.45) is 0 Å². The summed E-state index contributed by atoms with van der Waals surface area (Å²) in [7, 11) is 0. The molecule has 0 aliphatic carbocycles. The molecule has 0 fully saturated rings. The maximum Gasteiger partial charge on any atom is 0.231 e. The van der Waals surface area contributed by atoms with Gasteiger partial charge in [0.2, 0.25) is 11.7 Å². The minimum absolute atomic E-state index is 0.564. The fourth-order valence-electron chi connectivity index (χ4n) is 2.01. The monoisotopic (exact) mass is 266 g/mol. The second-order valence-corrected chi connectivity index (χ2v) is 4.62. The van der Waals surface area contributed by atoms with Crippen LogP contribution in [0, 0.1) is 6.92 Å². The molecule has 3 aromatic rings. The number of rotatable bonds is 3. The average molecular weight is 266 g/mol. The van der Waals surface area contributed by atoms with Crippen LogP contribution in [-0.4, -0.2) is 15.1 Å². The lowest BCUT2D eigenvalue weighted by molar-refractivity contribution is 0.385. The summed E-state index contributed by atoms with van der Waals surface area (Å²) in [5.41, 5.74) is 9.48. The SMILES string of the molecule is Cc1ccncc1-c1noc(Cc2cccc(N)c2)n1. The van der Waals surface area contributed by atoms with Crippen LogP contribution in [0.5, 0.6) is 0 Å². The van der Waals surface area contributed by atoms with Gasteiger partial charge in [-0.05, 0) is 36.2 Å². The molecule has 1 aromatic carbocycles. The van der Waals surface area contributed by atoms with Gasteiger partial charge in [0.05, 0.1) is 6.42 Å². The van der Waals surface area contributed by atoms with Crippen molar-refractivity contribution >= 4 is 5.69 Å². The average Bonchev–Trinajstić information content (AvgIpc) is 2.87. The van der Waals surface area contributed by atoms with Crippen LogP contribution in [0.25, 0.3) is 11.4 Å². The highest BCUT2D eigenvalue weighted by atomic mass is 16.5. The van der Waals surface area contributed by atoms with Gasteiger partial charge in [0, 0.05) is 23.6 Å². The molecule has 0 aliphatic heterocycles. The predicted octanol–water partition coefficient (Wildman–Crippen LogP) is 2.61. The van der Waals surface area contributed by atoms with Gasteiger partial charge in [-0.2, -0.15) is 4.98 Å². The first-order chi connectivity index (χ1) is 9.72. The molecule has 0 saturated heterocycles. The van der Waals surface area contributed by atoms with Crippen LogP contribution in [0.2, 0.25) is 0 Å². The number of anilines is 1. The Morgan fingerprint density at radius 3 is 2.95 bits per heavy atom. The number of aromatic nitrogens is 3. The van der Waals surface area contributed by atoms with Crippen molar-refractivity contribution in [1.29, 1.82) is 0 Å². The molecule has 0 amide bonds. The zero-order valence-electron chi connectivity index (χ0n) is 11.1. The number of nitrogen functional groups attached to an aromatic ring is 1. The third-order valence-corrected chi connectivity index (χ3v) is 3.05.